The van der Waals surface area contributed by atoms with E-state index in [9.17, 15) is 14.4 Å². The molecule has 0 saturated heterocycles. The van der Waals surface area contributed by atoms with Gasteiger partial charge in [-0.25, -0.2) is 4.79 Å². The first-order chi connectivity index (χ1) is 19.2. The van der Waals surface area contributed by atoms with Gasteiger partial charge in [-0.3, -0.25) is 9.59 Å². The second kappa shape index (κ2) is 13.5. The van der Waals surface area contributed by atoms with Crippen molar-refractivity contribution in [2.45, 2.75) is 123 Å². The van der Waals surface area contributed by atoms with Crippen LogP contribution in [-0.2, 0) is 20.7 Å². The van der Waals surface area contributed by atoms with E-state index < -0.39 is 29.3 Å². The number of benzene rings is 2. The lowest BCUT2D eigenvalue weighted by Gasteiger charge is -2.43. The van der Waals surface area contributed by atoms with E-state index in [4.69, 9.17) is 4.74 Å². The van der Waals surface area contributed by atoms with Crippen molar-refractivity contribution < 1.29 is 19.1 Å². The van der Waals surface area contributed by atoms with Crippen LogP contribution in [0.2, 0.25) is 0 Å². The molecule has 7 nitrogen and oxygen atoms in total. The van der Waals surface area contributed by atoms with Crippen LogP contribution in [0, 0.1) is 13.8 Å². The van der Waals surface area contributed by atoms with E-state index in [-0.39, 0.29) is 24.3 Å². The highest BCUT2D eigenvalue weighted by Gasteiger charge is 2.42. The highest BCUT2D eigenvalue weighted by Crippen LogP contribution is 2.32. The Bertz CT molecular complexity index is 1190. The topological polar surface area (TPSA) is 87.7 Å². The molecular formula is C34H49N3O4. The Morgan fingerprint density at radius 1 is 0.902 bits per heavy atom. The maximum atomic E-state index is 14.6. The predicted molar refractivity (Wildman–Crippen MR) is 164 cm³/mol. The molecule has 0 aromatic heterocycles. The molecule has 41 heavy (non-hydrogen) atoms. The molecule has 3 amide bonds. The molecule has 0 bridgehead atoms. The van der Waals surface area contributed by atoms with Crippen LogP contribution in [0.4, 0.5) is 4.79 Å². The van der Waals surface area contributed by atoms with Crippen LogP contribution >= 0.6 is 0 Å². The highest BCUT2D eigenvalue weighted by atomic mass is 16.6. The number of carbonyl (C=O) groups is 3. The summed E-state index contributed by atoms with van der Waals surface area (Å²) in [5.41, 5.74) is 2.34. The number of amides is 3. The van der Waals surface area contributed by atoms with E-state index in [0.717, 1.165) is 47.9 Å². The first kappa shape index (κ1) is 32.2. The zero-order chi connectivity index (χ0) is 30.4. The predicted octanol–water partition coefficient (Wildman–Crippen LogP) is 6.56. The largest absolute Gasteiger partial charge is 0.444 e. The number of rotatable bonds is 8. The minimum absolute atomic E-state index is 0.0854. The van der Waals surface area contributed by atoms with Gasteiger partial charge in [-0.2, -0.15) is 0 Å². The number of nitrogens with one attached hydrogen (secondary N) is 2. The summed E-state index contributed by atoms with van der Waals surface area (Å²) in [6.45, 7) is 15.2. The zero-order valence-electron chi connectivity index (χ0n) is 26.2. The Balaban J connectivity index is 2.07. The standard InChI is InChI=1S/C34H49N3O4/c1-23-19-20-26(21-24(23)2)29(30(38)35-27-17-13-10-14-18-27)37(33(3,4)5)31(39)28(22-25-15-11-9-12-16-25)36-32(40)41-34(6,7)8/h9,11-12,15-16,19-21,27-29H,10,13-14,17-18,22H2,1-8H3,(H,35,38)(H,36,40). The van der Waals surface area contributed by atoms with Crippen molar-refractivity contribution in [2.24, 2.45) is 0 Å². The van der Waals surface area contributed by atoms with Gasteiger partial charge in [0.1, 0.15) is 17.7 Å². The fourth-order valence-electron chi connectivity index (χ4n) is 5.39. The molecule has 224 valence electrons. The van der Waals surface area contributed by atoms with Gasteiger partial charge in [0.05, 0.1) is 0 Å². The molecule has 2 aromatic carbocycles. The van der Waals surface area contributed by atoms with Gasteiger partial charge >= 0.3 is 6.09 Å². The van der Waals surface area contributed by atoms with Gasteiger partial charge in [0.15, 0.2) is 0 Å². The van der Waals surface area contributed by atoms with E-state index in [1.54, 1.807) is 25.7 Å². The SMILES string of the molecule is Cc1ccc(C(C(=O)NC2CCCCC2)N(C(=O)C(Cc2ccccc2)NC(=O)OC(C)(C)C)C(C)(C)C)cc1C. The minimum Gasteiger partial charge on any atom is -0.444 e. The van der Waals surface area contributed by atoms with Crippen LogP contribution in [-0.4, -0.2) is 46.0 Å². The average Bonchev–Trinajstić information content (AvgIpc) is 2.87. The van der Waals surface area contributed by atoms with E-state index in [1.165, 1.54) is 6.42 Å². The van der Waals surface area contributed by atoms with Crippen molar-refractivity contribution in [3.63, 3.8) is 0 Å². The Hall–Kier alpha value is -3.35. The molecule has 3 rings (SSSR count). The van der Waals surface area contributed by atoms with Crippen molar-refractivity contribution in [1.82, 2.24) is 15.5 Å². The summed E-state index contributed by atoms with van der Waals surface area (Å²) in [6.07, 6.45) is 4.80. The summed E-state index contributed by atoms with van der Waals surface area (Å²) in [6, 6.07) is 13.8. The number of alkyl carbamates (subject to hydrolysis) is 1. The molecule has 1 fully saturated rings. The van der Waals surface area contributed by atoms with Gasteiger partial charge in [-0.1, -0.05) is 67.8 Å². The molecule has 0 aliphatic heterocycles. The van der Waals surface area contributed by atoms with E-state index in [1.807, 2.05) is 83.1 Å². The number of hydrogen-bond acceptors (Lipinski definition) is 4. The van der Waals surface area contributed by atoms with Gasteiger partial charge in [0, 0.05) is 18.0 Å². The van der Waals surface area contributed by atoms with Crippen molar-refractivity contribution >= 4 is 17.9 Å². The fraction of sp³-hybridized carbons (Fsp3) is 0.559. The van der Waals surface area contributed by atoms with Crippen LogP contribution in [0.15, 0.2) is 48.5 Å². The lowest BCUT2D eigenvalue weighted by atomic mass is 9.91. The first-order valence-corrected chi connectivity index (χ1v) is 14.9. The van der Waals surface area contributed by atoms with Crippen molar-refractivity contribution in [1.29, 1.82) is 0 Å². The molecule has 2 aromatic rings. The summed E-state index contributed by atoms with van der Waals surface area (Å²) >= 11 is 0. The average molecular weight is 564 g/mol. The van der Waals surface area contributed by atoms with Gasteiger partial charge in [0.2, 0.25) is 11.8 Å². The molecule has 1 aliphatic carbocycles. The normalized spacial score (nSPS) is 15.9. The number of hydrogen-bond donors (Lipinski definition) is 2. The molecular weight excluding hydrogens is 514 g/mol. The minimum atomic E-state index is -0.942. The Labute approximate surface area is 246 Å². The summed E-state index contributed by atoms with van der Waals surface area (Å²) in [4.78, 5) is 43.4. The van der Waals surface area contributed by atoms with Crippen molar-refractivity contribution in [3.05, 3.63) is 70.8 Å². The zero-order valence-corrected chi connectivity index (χ0v) is 26.2. The Kier molecular flexibility index (Phi) is 10.6. The molecule has 2 unspecified atom stereocenters. The van der Waals surface area contributed by atoms with Gasteiger partial charge in [-0.05, 0) is 90.5 Å². The molecule has 2 N–H and O–H groups in total. The van der Waals surface area contributed by atoms with Crippen molar-refractivity contribution in [3.8, 4) is 0 Å². The number of aryl methyl sites for hydroxylation is 2. The smallest absolute Gasteiger partial charge is 0.408 e. The van der Waals surface area contributed by atoms with Crippen LogP contribution in [0.5, 0.6) is 0 Å². The maximum Gasteiger partial charge on any atom is 0.408 e. The maximum absolute atomic E-state index is 14.6. The van der Waals surface area contributed by atoms with E-state index in [2.05, 4.69) is 10.6 Å². The number of nitrogens with zero attached hydrogens (tertiary/aromatic N) is 1. The highest BCUT2D eigenvalue weighted by molar-refractivity contribution is 5.93. The first-order valence-electron chi connectivity index (χ1n) is 14.9. The monoisotopic (exact) mass is 563 g/mol. The molecule has 1 aliphatic rings. The Morgan fingerprint density at radius 3 is 2.10 bits per heavy atom. The molecule has 0 radical (unpaired) electrons. The van der Waals surface area contributed by atoms with Gasteiger partial charge in [0.25, 0.3) is 0 Å². The summed E-state index contributed by atoms with van der Waals surface area (Å²) in [5.74, 6) is -0.534. The number of carbonyl (C=O) groups excluding carboxylic acids is 3. The van der Waals surface area contributed by atoms with Crippen LogP contribution < -0.4 is 10.6 Å². The quantitative estimate of drug-likeness (QED) is 0.381. The van der Waals surface area contributed by atoms with Crippen molar-refractivity contribution in [2.75, 3.05) is 0 Å². The second-order valence-electron chi connectivity index (χ2n) is 13.4. The fourth-order valence-corrected chi connectivity index (χ4v) is 5.39. The van der Waals surface area contributed by atoms with Crippen LogP contribution in [0.3, 0.4) is 0 Å². The lowest BCUT2D eigenvalue weighted by molar-refractivity contribution is -0.148. The molecule has 2 atom stereocenters. The number of ether oxygens (including phenoxy) is 1. The lowest BCUT2D eigenvalue weighted by Crippen LogP contribution is -2.59. The summed E-state index contributed by atoms with van der Waals surface area (Å²) in [5, 5.41) is 6.11. The van der Waals surface area contributed by atoms with E-state index in [0.29, 0.717) is 0 Å². The third-order valence-corrected chi connectivity index (χ3v) is 7.54. The summed E-state index contributed by atoms with van der Waals surface area (Å²) < 4.78 is 5.54. The third kappa shape index (κ3) is 9.34. The molecule has 0 spiro atoms. The van der Waals surface area contributed by atoms with E-state index >= 15 is 0 Å². The van der Waals surface area contributed by atoms with Crippen LogP contribution in [0.1, 0.15) is 102 Å². The molecule has 7 heteroatoms. The van der Waals surface area contributed by atoms with Gasteiger partial charge in [-0.15, -0.1) is 0 Å². The molecule has 1 saturated carbocycles. The van der Waals surface area contributed by atoms with Gasteiger partial charge < -0.3 is 20.3 Å². The molecule has 0 heterocycles. The summed E-state index contributed by atoms with van der Waals surface area (Å²) in [7, 11) is 0. The Morgan fingerprint density at radius 2 is 1.54 bits per heavy atom. The second-order valence-corrected chi connectivity index (χ2v) is 13.4. The van der Waals surface area contributed by atoms with Crippen LogP contribution in [0.25, 0.3) is 0 Å². The third-order valence-electron chi connectivity index (χ3n) is 7.54.